The molecule has 5 nitrogen and oxygen atoms in total. The highest BCUT2D eigenvalue weighted by Gasteiger charge is 2.38. The van der Waals surface area contributed by atoms with Crippen LogP contribution in [0.4, 0.5) is 43.9 Å². The predicted molar refractivity (Wildman–Crippen MR) is 283 cm³/mol. The zero-order valence-electron chi connectivity index (χ0n) is 41.3. The van der Waals surface area contributed by atoms with E-state index in [0.29, 0.717) is 64.7 Å². The van der Waals surface area contributed by atoms with Gasteiger partial charge in [-0.25, -0.2) is 43.9 Å². The van der Waals surface area contributed by atoms with Crippen molar-refractivity contribution >= 4 is 68.0 Å². The molecule has 0 radical (unpaired) electrons. The summed E-state index contributed by atoms with van der Waals surface area (Å²) in [6.45, 7) is 0. The molecule has 0 bridgehead atoms. The Hall–Kier alpha value is -7.80. The lowest BCUT2D eigenvalue weighted by Crippen LogP contribution is -2.75. The fourth-order valence-corrected chi connectivity index (χ4v) is 12.1. The van der Waals surface area contributed by atoms with Gasteiger partial charge < -0.3 is 18.9 Å². The summed E-state index contributed by atoms with van der Waals surface area (Å²) in [7, 11) is 3.37. The van der Waals surface area contributed by atoms with E-state index in [1.165, 1.54) is 24.3 Å². The minimum absolute atomic E-state index is 0.0722. The molecule has 0 atom stereocenters. The maximum Gasteiger partial charge on any atom is 0.193 e. The van der Waals surface area contributed by atoms with E-state index in [9.17, 15) is 13.6 Å². The monoisotopic (exact) mass is 1130 g/mol. The van der Waals surface area contributed by atoms with E-state index in [0.717, 1.165) is 52.9 Å². The molecule has 0 N–H and O–H groups in total. The van der Waals surface area contributed by atoms with Crippen LogP contribution in [-0.2, 0) is 10.9 Å². The van der Waals surface area contributed by atoms with Crippen molar-refractivity contribution in [3.05, 3.63) is 244 Å². The zero-order valence-corrected chi connectivity index (χ0v) is 43.6. The number of methoxy groups -OCH3 is 4. The van der Waals surface area contributed by atoms with Crippen molar-refractivity contribution in [1.29, 1.82) is 0 Å². The zero-order chi connectivity index (χ0) is 56.0. The van der Waals surface area contributed by atoms with Crippen molar-refractivity contribution in [2.24, 2.45) is 0 Å². The molecule has 398 valence electrons. The van der Waals surface area contributed by atoms with Crippen LogP contribution in [0.1, 0.15) is 15.9 Å². The molecular formula is C59H40BClF10O5S2. The topological polar surface area (TPSA) is 54.0 Å². The highest BCUT2D eigenvalue weighted by atomic mass is 35.5. The Morgan fingerprint density at radius 1 is 0.397 bits per heavy atom. The molecule has 0 aromatic heterocycles. The second kappa shape index (κ2) is 24.3. The largest absolute Gasteiger partial charge is 0.491 e. The van der Waals surface area contributed by atoms with Crippen LogP contribution in [0.2, 0.25) is 5.02 Å². The van der Waals surface area contributed by atoms with E-state index < -0.39 is 108 Å². The van der Waals surface area contributed by atoms with Crippen molar-refractivity contribution in [2.45, 2.75) is 24.5 Å². The van der Waals surface area contributed by atoms with Crippen LogP contribution < -0.4 is 40.8 Å². The summed E-state index contributed by atoms with van der Waals surface area (Å²) in [6, 6.07) is 40.8. The maximum atomic E-state index is 15.2. The van der Waals surface area contributed by atoms with Crippen LogP contribution >= 0.6 is 23.4 Å². The first-order valence-electron chi connectivity index (χ1n) is 23.1. The van der Waals surface area contributed by atoms with Gasteiger partial charge in [0.25, 0.3) is 0 Å². The highest BCUT2D eigenvalue weighted by molar-refractivity contribution is 7.99. The van der Waals surface area contributed by atoms with Crippen LogP contribution in [0.15, 0.2) is 194 Å². The molecule has 0 spiro atoms. The van der Waals surface area contributed by atoms with Gasteiger partial charge in [0.2, 0.25) is 0 Å². The first-order valence-corrected chi connectivity index (χ1v) is 25.6. The van der Waals surface area contributed by atoms with Crippen molar-refractivity contribution in [3.63, 3.8) is 0 Å². The molecular weight excluding hydrogens is 1090 g/mol. The molecule has 0 saturated heterocycles. The lowest BCUT2D eigenvalue weighted by molar-refractivity contribution is 0.103. The van der Waals surface area contributed by atoms with Crippen LogP contribution in [0.5, 0.6) is 23.0 Å². The number of hydrogen-bond acceptors (Lipinski definition) is 6. The van der Waals surface area contributed by atoms with E-state index in [2.05, 4.69) is 12.1 Å². The quantitative estimate of drug-likeness (QED) is 0.0441. The van der Waals surface area contributed by atoms with Crippen LogP contribution in [0.25, 0.3) is 0 Å². The third-order valence-corrected chi connectivity index (χ3v) is 16.0. The molecule has 0 aliphatic rings. The van der Waals surface area contributed by atoms with E-state index in [4.69, 9.17) is 30.5 Å². The Kier molecular flexibility index (Phi) is 17.5. The van der Waals surface area contributed by atoms with Gasteiger partial charge in [-0.15, -0.1) is 0 Å². The number of carbonyl (C=O) groups is 1. The number of benzene rings is 9. The normalized spacial score (nSPS) is 11.2. The van der Waals surface area contributed by atoms with Gasteiger partial charge in [-0.2, -0.15) is 21.9 Å². The summed E-state index contributed by atoms with van der Waals surface area (Å²) in [6.07, 6.45) is -3.59. The average Bonchev–Trinajstić information content (AvgIpc) is 3.40. The van der Waals surface area contributed by atoms with Gasteiger partial charge >= 0.3 is 0 Å². The molecule has 0 unspecified atom stereocenters. The van der Waals surface area contributed by atoms with Crippen molar-refractivity contribution in [2.75, 3.05) is 28.4 Å². The molecule has 19 heteroatoms. The minimum atomic E-state index is -3.59. The lowest BCUT2D eigenvalue weighted by Gasteiger charge is -2.44. The lowest BCUT2D eigenvalue weighted by atomic mass is 9.13. The Morgan fingerprint density at radius 3 is 0.987 bits per heavy atom. The molecule has 0 amide bonds. The Bertz CT molecular complexity index is 3270. The van der Waals surface area contributed by atoms with Gasteiger partial charge in [-0.1, -0.05) is 84.0 Å². The number of carbonyl (C=O) groups excluding carboxylic acids is 1. The summed E-state index contributed by atoms with van der Waals surface area (Å²) >= 11 is 7.61. The Morgan fingerprint density at radius 2 is 0.692 bits per heavy atom. The van der Waals surface area contributed by atoms with Gasteiger partial charge in [0, 0.05) is 25.9 Å². The van der Waals surface area contributed by atoms with E-state index >= 15 is 35.1 Å². The fourth-order valence-electron chi connectivity index (χ4n) is 9.05. The smallest absolute Gasteiger partial charge is 0.193 e. The molecule has 78 heavy (non-hydrogen) atoms. The second-order valence-electron chi connectivity index (χ2n) is 17.1. The van der Waals surface area contributed by atoms with Gasteiger partial charge in [-0.3, -0.25) is 4.79 Å². The molecule has 9 aromatic carbocycles. The average molecular weight is 1130 g/mol. The molecule has 0 aliphatic carbocycles. The van der Waals surface area contributed by atoms with Crippen LogP contribution in [0.3, 0.4) is 0 Å². The Balaban J connectivity index is 0.000000207. The van der Waals surface area contributed by atoms with Crippen molar-refractivity contribution in [3.8, 4) is 23.0 Å². The SMILES string of the molecule is COc1c(F)cc([B-](c2cc(F)c(OC)c(F)c2)(c2cc(F)c(OC)c(F)c2)c2cc(F)c(OC)c(F)c2)cc1F.O=C(c1ccc(Sc2ccc([S+](c3ccc(F)cc3)c3ccc(F)cc3)cc2)cc1)c1cccc(Cl)c1. The summed E-state index contributed by atoms with van der Waals surface area (Å²) < 4.78 is 167. The highest BCUT2D eigenvalue weighted by Crippen LogP contribution is 2.35. The summed E-state index contributed by atoms with van der Waals surface area (Å²) in [4.78, 5) is 17.7. The second-order valence-corrected chi connectivity index (χ2v) is 20.7. The minimum Gasteiger partial charge on any atom is -0.491 e. The maximum absolute atomic E-state index is 15.2. The number of halogens is 11. The third kappa shape index (κ3) is 11.7. The van der Waals surface area contributed by atoms with E-state index in [1.807, 2.05) is 36.4 Å². The molecule has 0 heterocycles. The molecule has 9 aromatic rings. The first kappa shape index (κ1) is 56.4. The standard InChI is InChI=1S/C31H20ClF2OS2.C28H20BF8O4/c32-23-3-1-2-22(20-23)31(35)21-4-10-26(11-5-21)36-27-12-18-30(19-13-27)37(28-14-6-24(33)7-15-28)29-16-8-25(34)9-17-29;1-38-25-17(30)5-13(6-18(25)31)29(14-7-19(32)26(39-2)20(33)8-14,15-9-21(34)27(40-3)22(35)10-15)16-11-23(36)28(41-4)24(37)12-16/h1-20H;5-12H,1-4H3/q+1;-1. The molecule has 0 fully saturated rings. The molecule has 9 rings (SSSR count). The Labute approximate surface area is 453 Å². The van der Waals surface area contributed by atoms with Gasteiger partial charge in [0.15, 0.2) is 90.0 Å². The predicted octanol–water partition coefficient (Wildman–Crippen LogP) is 13.3. The number of ether oxygens (including phenoxy) is 4. The van der Waals surface area contributed by atoms with Crippen LogP contribution in [0, 0.1) is 58.2 Å². The van der Waals surface area contributed by atoms with Gasteiger partial charge in [-0.05, 0) is 109 Å². The fraction of sp³-hybridized carbons (Fsp3) is 0.0678. The van der Waals surface area contributed by atoms with Gasteiger partial charge in [0.05, 0.1) is 39.3 Å². The number of rotatable bonds is 15. The van der Waals surface area contributed by atoms with Crippen molar-refractivity contribution in [1.82, 2.24) is 0 Å². The number of hydrogen-bond donors (Lipinski definition) is 0. The third-order valence-electron chi connectivity index (χ3n) is 12.5. The number of ketones is 1. The summed E-state index contributed by atoms with van der Waals surface area (Å²) in [5.41, 5.74) is -0.906. The molecule has 0 saturated carbocycles. The first-order chi connectivity index (χ1) is 37.4. The van der Waals surface area contributed by atoms with Gasteiger partial charge in [0.1, 0.15) is 17.8 Å². The summed E-state index contributed by atoms with van der Waals surface area (Å²) in [5.74, 6) is -14.7. The van der Waals surface area contributed by atoms with E-state index in [1.54, 1.807) is 60.3 Å². The van der Waals surface area contributed by atoms with E-state index in [-0.39, 0.29) is 17.4 Å². The van der Waals surface area contributed by atoms with Crippen LogP contribution in [-0.4, -0.2) is 40.4 Å². The summed E-state index contributed by atoms with van der Waals surface area (Å²) in [5, 5.41) is 0.531. The van der Waals surface area contributed by atoms with Crippen molar-refractivity contribution < 1.29 is 67.6 Å². The molecule has 0 aliphatic heterocycles.